The molecule has 0 radical (unpaired) electrons. The topological polar surface area (TPSA) is 61.4 Å². The molecule has 24 heavy (non-hydrogen) atoms. The number of aryl methyl sites for hydroxylation is 1. The van der Waals surface area contributed by atoms with Crippen LogP contribution in [-0.2, 0) is 16.0 Å². The number of nitrogens with one attached hydrogen (secondary N) is 2. The van der Waals surface area contributed by atoms with Crippen molar-refractivity contribution in [3.63, 3.8) is 0 Å². The largest absolute Gasteiger partial charge is 0.353 e. The van der Waals surface area contributed by atoms with Crippen molar-refractivity contribution in [2.24, 2.45) is 0 Å². The second kappa shape index (κ2) is 8.29. The summed E-state index contributed by atoms with van der Waals surface area (Å²) in [6, 6.07) is 10.4. The molecule has 1 aliphatic heterocycles. The Kier molecular flexibility index (Phi) is 5.86. The lowest BCUT2D eigenvalue weighted by Crippen LogP contribution is -2.57. The van der Waals surface area contributed by atoms with Crippen LogP contribution in [-0.4, -0.2) is 48.4 Å². The minimum atomic E-state index is -0.324. The van der Waals surface area contributed by atoms with Gasteiger partial charge in [-0.25, -0.2) is 0 Å². The average Bonchev–Trinajstić information content (AvgIpc) is 2.55. The molecular weight excluding hydrogens is 302 g/mol. The number of nitrogens with zero attached hydrogens (tertiary/aromatic N) is 1. The van der Waals surface area contributed by atoms with E-state index >= 15 is 0 Å². The van der Waals surface area contributed by atoms with Crippen molar-refractivity contribution in [3.05, 3.63) is 35.9 Å². The molecule has 3 rings (SSSR count). The molecule has 1 heterocycles. The highest BCUT2D eigenvalue weighted by Crippen LogP contribution is 2.19. The maximum atomic E-state index is 12.2. The van der Waals surface area contributed by atoms with E-state index in [0.717, 1.165) is 38.8 Å². The average molecular weight is 329 g/mol. The Balaban J connectivity index is 1.49. The summed E-state index contributed by atoms with van der Waals surface area (Å²) in [5.41, 5.74) is 1.32. The fourth-order valence-corrected chi connectivity index (χ4v) is 3.40. The third kappa shape index (κ3) is 4.57. The highest BCUT2D eigenvalue weighted by atomic mass is 16.2. The van der Waals surface area contributed by atoms with Crippen LogP contribution in [0.5, 0.6) is 0 Å². The summed E-state index contributed by atoms with van der Waals surface area (Å²) in [4.78, 5) is 26.6. The SMILES string of the molecule is O=C(CC1C(=O)NCCN1CCCc1ccccc1)NC1CCC1. The maximum absolute atomic E-state index is 12.2. The number of benzene rings is 1. The van der Waals surface area contributed by atoms with Gasteiger partial charge in [0.05, 0.1) is 12.5 Å². The van der Waals surface area contributed by atoms with Crippen LogP contribution in [0.3, 0.4) is 0 Å². The number of rotatable bonds is 7. The first-order valence-corrected chi connectivity index (χ1v) is 9.07. The standard InChI is InChI=1S/C19H27N3O2/c23-18(21-16-9-4-10-16)14-17-19(24)20-11-13-22(17)12-5-8-15-6-2-1-3-7-15/h1-3,6-7,16-17H,4-5,8-14H2,(H,20,24)(H,21,23). The van der Waals surface area contributed by atoms with Crippen LogP contribution in [0.1, 0.15) is 37.7 Å². The summed E-state index contributed by atoms with van der Waals surface area (Å²) < 4.78 is 0. The Morgan fingerprint density at radius 3 is 2.75 bits per heavy atom. The first-order chi connectivity index (χ1) is 11.7. The lowest BCUT2D eigenvalue weighted by Gasteiger charge is -2.35. The second-order valence-electron chi connectivity index (χ2n) is 6.83. The predicted octanol–water partition coefficient (Wildman–Crippen LogP) is 1.48. The quantitative estimate of drug-likeness (QED) is 0.796. The van der Waals surface area contributed by atoms with Crippen molar-refractivity contribution < 1.29 is 9.59 Å². The van der Waals surface area contributed by atoms with Crippen LogP contribution in [0.15, 0.2) is 30.3 Å². The molecule has 1 saturated heterocycles. The Hall–Kier alpha value is -1.88. The van der Waals surface area contributed by atoms with Gasteiger partial charge in [0.25, 0.3) is 0 Å². The van der Waals surface area contributed by atoms with E-state index in [2.05, 4.69) is 39.8 Å². The zero-order chi connectivity index (χ0) is 16.8. The summed E-state index contributed by atoms with van der Waals surface area (Å²) in [5.74, 6) is -0.000435. The lowest BCUT2D eigenvalue weighted by molar-refractivity contribution is -0.134. The number of hydrogen-bond donors (Lipinski definition) is 2. The van der Waals surface area contributed by atoms with Gasteiger partial charge in [-0.2, -0.15) is 0 Å². The highest BCUT2D eigenvalue weighted by molar-refractivity contribution is 5.88. The van der Waals surface area contributed by atoms with E-state index in [9.17, 15) is 9.59 Å². The molecule has 1 aromatic rings. The number of hydrogen-bond acceptors (Lipinski definition) is 3. The molecule has 0 bridgehead atoms. The van der Waals surface area contributed by atoms with E-state index in [0.29, 0.717) is 12.6 Å². The van der Waals surface area contributed by atoms with Gasteiger partial charge in [0.15, 0.2) is 0 Å². The van der Waals surface area contributed by atoms with Gasteiger partial charge in [0.2, 0.25) is 11.8 Å². The monoisotopic (exact) mass is 329 g/mol. The van der Waals surface area contributed by atoms with Crippen LogP contribution >= 0.6 is 0 Å². The first-order valence-electron chi connectivity index (χ1n) is 9.07. The second-order valence-corrected chi connectivity index (χ2v) is 6.83. The van der Waals surface area contributed by atoms with E-state index < -0.39 is 0 Å². The van der Waals surface area contributed by atoms with Crippen LogP contribution < -0.4 is 10.6 Å². The van der Waals surface area contributed by atoms with E-state index in [1.165, 1.54) is 12.0 Å². The van der Waals surface area contributed by atoms with Gasteiger partial charge in [0.1, 0.15) is 0 Å². The zero-order valence-corrected chi connectivity index (χ0v) is 14.2. The fourth-order valence-electron chi connectivity index (χ4n) is 3.40. The minimum absolute atomic E-state index is 0.00908. The van der Waals surface area contributed by atoms with E-state index in [1.54, 1.807) is 0 Å². The Labute approximate surface area is 143 Å². The maximum Gasteiger partial charge on any atom is 0.237 e. The summed E-state index contributed by atoms with van der Waals surface area (Å²) in [7, 11) is 0. The molecule has 2 fully saturated rings. The molecule has 1 unspecified atom stereocenters. The summed E-state index contributed by atoms with van der Waals surface area (Å²) in [6.07, 6.45) is 5.61. The smallest absolute Gasteiger partial charge is 0.237 e. The third-order valence-electron chi connectivity index (χ3n) is 5.04. The van der Waals surface area contributed by atoms with Crippen molar-refractivity contribution in [1.29, 1.82) is 0 Å². The minimum Gasteiger partial charge on any atom is -0.353 e. The van der Waals surface area contributed by atoms with Gasteiger partial charge >= 0.3 is 0 Å². The fraction of sp³-hybridized carbons (Fsp3) is 0.579. The lowest BCUT2D eigenvalue weighted by atomic mass is 9.93. The number of carbonyl (C=O) groups is 2. The van der Waals surface area contributed by atoms with Crippen LogP contribution in [0, 0.1) is 0 Å². The summed E-state index contributed by atoms with van der Waals surface area (Å²) >= 11 is 0. The van der Waals surface area contributed by atoms with Crippen molar-refractivity contribution >= 4 is 11.8 Å². The van der Waals surface area contributed by atoms with Crippen molar-refractivity contribution in [2.75, 3.05) is 19.6 Å². The van der Waals surface area contributed by atoms with Crippen LogP contribution in [0.2, 0.25) is 0 Å². The van der Waals surface area contributed by atoms with E-state index in [-0.39, 0.29) is 24.3 Å². The molecule has 1 atom stereocenters. The molecule has 1 aliphatic carbocycles. The molecule has 2 N–H and O–H groups in total. The number of piperazine rings is 1. The number of carbonyl (C=O) groups excluding carboxylic acids is 2. The van der Waals surface area contributed by atoms with Gasteiger partial charge in [-0.05, 0) is 44.2 Å². The molecule has 5 heteroatoms. The van der Waals surface area contributed by atoms with Gasteiger partial charge < -0.3 is 10.6 Å². The molecule has 0 aromatic heterocycles. The highest BCUT2D eigenvalue weighted by Gasteiger charge is 2.32. The van der Waals surface area contributed by atoms with E-state index in [1.807, 2.05) is 6.07 Å². The van der Waals surface area contributed by atoms with Gasteiger partial charge in [-0.15, -0.1) is 0 Å². The molecule has 2 aliphatic rings. The zero-order valence-electron chi connectivity index (χ0n) is 14.2. The molecular formula is C19H27N3O2. The third-order valence-corrected chi connectivity index (χ3v) is 5.04. The Morgan fingerprint density at radius 2 is 2.04 bits per heavy atom. The normalized spacial score (nSPS) is 21.8. The molecule has 2 amide bonds. The molecule has 1 aromatic carbocycles. The van der Waals surface area contributed by atoms with Crippen molar-refractivity contribution in [1.82, 2.24) is 15.5 Å². The van der Waals surface area contributed by atoms with Crippen LogP contribution in [0.25, 0.3) is 0 Å². The van der Waals surface area contributed by atoms with Crippen molar-refractivity contribution in [3.8, 4) is 0 Å². The van der Waals surface area contributed by atoms with Crippen molar-refractivity contribution in [2.45, 2.75) is 50.6 Å². The summed E-state index contributed by atoms with van der Waals surface area (Å²) in [5, 5.41) is 5.94. The van der Waals surface area contributed by atoms with E-state index in [4.69, 9.17) is 0 Å². The summed E-state index contributed by atoms with van der Waals surface area (Å²) in [6.45, 7) is 2.34. The van der Waals surface area contributed by atoms with Gasteiger partial charge in [-0.1, -0.05) is 30.3 Å². The molecule has 0 spiro atoms. The van der Waals surface area contributed by atoms with Gasteiger partial charge in [0, 0.05) is 19.1 Å². The van der Waals surface area contributed by atoms with Crippen LogP contribution in [0.4, 0.5) is 0 Å². The Morgan fingerprint density at radius 1 is 1.25 bits per heavy atom. The molecule has 130 valence electrons. The molecule has 1 saturated carbocycles. The first kappa shape index (κ1) is 17.0. The Bertz CT molecular complexity index is 557. The van der Waals surface area contributed by atoms with Gasteiger partial charge in [-0.3, -0.25) is 14.5 Å². The predicted molar refractivity (Wildman–Crippen MR) is 93.5 cm³/mol. The number of amides is 2. The molecule has 5 nitrogen and oxygen atoms in total.